The van der Waals surface area contributed by atoms with Gasteiger partial charge in [0, 0.05) is 11.4 Å². The van der Waals surface area contributed by atoms with Crippen LogP contribution >= 0.6 is 11.3 Å². The quantitative estimate of drug-likeness (QED) is 0.870. The number of rotatable bonds is 2. The zero-order chi connectivity index (χ0) is 13.3. The number of hydrogen-bond acceptors (Lipinski definition) is 2. The molecule has 0 saturated carbocycles. The lowest BCUT2D eigenvalue weighted by molar-refractivity contribution is -0.137. The van der Waals surface area contributed by atoms with Gasteiger partial charge in [-0.1, -0.05) is 6.07 Å². The fraction of sp³-hybridized carbons (Fsp3) is 0.231. The third kappa shape index (κ3) is 2.57. The summed E-state index contributed by atoms with van der Waals surface area (Å²) in [5, 5.41) is 1.91. The lowest BCUT2D eigenvalue weighted by Gasteiger charge is -2.10. The highest BCUT2D eigenvalue weighted by molar-refractivity contribution is 7.10. The van der Waals surface area contributed by atoms with Gasteiger partial charge >= 0.3 is 6.18 Å². The molecule has 0 amide bonds. The Morgan fingerprint density at radius 3 is 2.44 bits per heavy atom. The molecule has 0 fully saturated rings. The number of halogens is 3. The molecule has 0 aliphatic heterocycles. The van der Waals surface area contributed by atoms with Crippen molar-refractivity contribution in [1.29, 1.82) is 0 Å². The second kappa shape index (κ2) is 4.74. The number of alkyl halides is 3. The van der Waals surface area contributed by atoms with Crippen LogP contribution < -0.4 is 5.73 Å². The van der Waals surface area contributed by atoms with Crippen molar-refractivity contribution in [3.8, 4) is 11.1 Å². The molecule has 1 heterocycles. The fourth-order valence-corrected chi connectivity index (χ4v) is 2.56. The van der Waals surface area contributed by atoms with Gasteiger partial charge in [0.2, 0.25) is 0 Å². The van der Waals surface area contributed by atoms with Crippen LogP contribution in [0.1, 0.15) is 16.0 Å². The Labute approximate surface area is 107 Å². The first-order valence-electron chi connectivity index (χ1n) is 5.37. The van der Waals surface area contributed by atoms with Crippen molar-refractivity contribution in [3.05, 3.63) is 45.6 Å². The molecule has 0 bridgehead atoms. The maximum Gasteiger partial charge on any atom is 0.416 e. The minimum absolute atomic E-state index is 0.449. The van der Waals surface area contributed by atoms with E-state index in [1.807, 2.05) is 11.4 Å². The molecule has 0 aliphatic carbocycles. The van der Waals surface area contributed by atoms with Crippen LogP contribution in [0.15, 0.2) is 29.6 Å². The summed E-state index contributed by atoms with van der Waals surface area (Å²) in [5.74, 6) is 0. The largest absolute Gasteiger partial charge is 0.416 e. The maximum absolute atomic E-state index is 12.5. The Hall–Kier alpha value is -1.33. The van der Waals surface area contributed by atoms with E-state index in [0.29, 0.717) is 12.1 Å². The fourth-order valence-electron chi connectivity index (χ4n) is 1.79. The summed E-state index contributed by atoms with van der Waals surface area (Å²) in [4.78, 5) is 1.02. The molecule has 1 aromatic carbocycles. The zero-order valence-corrected chi connectivity index (χ0v) is 10.5. The molecule has 5 heteroatoms. The number of aryl methyl sites for hydroxylation is 1. The summed E-state index contributed by atoms with van der Waals surface area (Å²) >= 11 is 1.52. The third-order valence-corrected chi connectivity index (χ3v) is 3.68. The van der Waals surface area contributed by atoms with Gasteiger partial charge in [-0.2, -0.15) is 13.2 Å². The van der Waals surface area contributed by atoms with E-state index >= 15 is 0 Å². The number of nitrogens with two attached hydrogens (primary N) is 1. The van der Waals surface area contributed by atoms with E-state index in [2.05, 4.69) is 0 Å². The molecule has 0 spiro atoms. The number of hydrogen-bond donors (Lipinski definition) is 1. The molecule has 96 valence electrons. The average molecular weight is 271 g/mol. The molecule has 0 unspecified atom stereocenters. The highest BCUT2D eigenvalue weighted by Crippen LogP contribution is 2.34. The maximum atomic E-state index is 12.5. The highest BCUT2D eigenvalue weighted by atomic mass is 32.1. The van der Waals surface area contributed by atoms with Gasteiger partial charge in [-0.05, 0) is 47.2 Å². The Morgan fingerprint density at radius 2 is 1.94 bits per heavy atom. The molecule has 2 aromatic rings. The van der Waals surface area contributed by atoms with Crippen LogP contribution in [-0.2, 0) is 12.7 Å². The van der Waals surface area contributed by atoms with Gasteiger partial charge < -0.3 is 5.73 Å². The summed E-state index contributed by atoms with van der Waals surface area (Å²) in [6.07, 6.45) is -4.29. The smallest absolute Gasteiger partial charge is 0.326 e. The topological polar surface area (TPSA) is 26.0 Å². The first-order valence-corrected chi connectivity index (χ1v) is 6.25. The van der Waals surface area contributed by atoms with Crippen LogP contribution in [0.5, 0.6) is 0 Å². The predicted octanol–water partition coefficient (Wildman–Crippen LogP) is 4.20. The summed E-state index contributed by atoms with van der Waals surface area (Å²) in [6.45, 7) is 2.13. The summed E-state index contributed by atoms with van der Waals surface area (Å²) in [5.41, 5.74) is 7.27. The van der Waals surface area contributed by atoms with Gasteiger partial charge in [-0.15, -0.1) is 11.3 Å². The zero-order valence-electron chi connectivity index (χ0n) is 9.71. The van der Waals surface area contributed by atoms with E-state index in [1.54, 1.807) is 6.92 Å². The van der Waals surface area contributed by atoms with Crippen molar-refractivity contribution in [2.75, 3.05) is 0 Å². The lowest BCUT2D eigenvalue weighted by Crippen LogP contribution is -2.05. The first kappa shape index (κ1) is 13.1. The standard InChI is InChI=1S/C13H12F3NS/c1-8-4-10(13(14,15)16)2-3-12(8)9-5-11(6-17)18-7-9/h2-5,7H,6,17H2,1H3. The van der Waals surface area contributed by atoms with Crippen molar-refractivity contribution in [1.82, 2.24) is 0 Å². The highest BCUT2D eigenvalue weighted by Gasteiger charge is 2.30. The lowest BCUT2D eigenvalue weighted by atomic mass is 10.00. The molecular formula is C13H12F3NS. The molecule has 0 atom stereocenters. The van der Waals surface area contributed by atoms with E-state index in [4.69, 9.17) is 5.73 Å². The van der Waals surface area contributed by atoms with Crippen molar-refractivity contribution < 1.29 is 13.2 Å². The molecule has 18 heavy (non-hydrogen) atoms. The molecule has 0 radical (unpaired) electrons. The number of thiophene rings is 1. The third-order valence-electron chi connectivity index (χ3n) is 2.72. The van der Waals surface area contributed by atoms with Gasteiger partial charge in [0.25, 0.3) is 0 Å². The van der Waals surface area contributed by atoms with E-state index in [0.717, 1.165) is 22.1 Å². The van der Waals surface area contributed by atoms with Gasteiger partial charge in [-0.3, -0.25) is 0 Å². The monoisotopic (exact) mass is 271 g/mol. The van der Waals surface area contributed by atoms with E-state index < -0.39 is 11.7 Å². The van der Waals surface area contributed by atoms with Crippen LogP contribution in [-0.4, -0.2) is 0 Å². The van der Waals surface area contributed by atoms with Crippen molar-refractivity contribution in [2.24, 2.45) is 5.73 Å². The molecule has 1 nitrogen and oxygen atoms in total. The van der Waals surface area contributed by atoms with Crippen molar-refractivity contribution in [3.63, 3.8) is 0 Å². The van der Waals surface area contributed by atoms with Crippen LogP contribution in [0.4, 0.5) is 13.2 Å². The van der Waals surface area contributed by atoms with Crippen molar-refractivity contribution in [2.45, 2.75) is 19.6 Å². The second-order valence-corrected chi connectivity index (χ2v) is 5.03. The van der Waals surface area contributed by atoms with Crippen LogP contribution in [0, 0.1) is 6.92 Å². The Bertz CT molecular complexity index is 558. The predicted molar refractivity (Wildman–Crippen MR) is 67.4 cm³/mol. The first-order chi connectivity index (χ1) is 8.41. The summed E-state index contributed by atoms with van der Waals surface area (Å²) in [6, 6.07) is 5.72. The number of benzene rings is 1. The minimum Gasteiger partial charge on any atom is -0.326 e. The minimum atomic E-state index is -4.29. The van der Waals surface area contributed by atoms with Gasteiger partial charge in [-0.25, -0.2) is 0 Å². The molecule has 0 aliphatic rings. The molecule has 1 aromatic heterocycles. The van der Waals surface area contributed by atoms with Crippen LogP contribution in [0.2, 0.25) is 0 Å². The molecule has 2 rings (SSSR count). The van der Waals surface area contributed by atoms with Crippen LogP contribution in [0.25, 0.3) is 11.1 Å². The molecule has 0 saturated heterocycles. The van der Waals surface area contributed by atoms with E-state index in [9.17, 15) is 13.2 Å². The van der Waals surface area contributed by atoms with Gasteiger partial charge in [0.1, 0.15) is 0 Å². The Morgan fingerprint density at radius 1 is 1.22 bits per heavy atom. The van der Waals surface area contributed by atoms with Crippen molar-refractivity contribution >= 4 is 11.3 Å². The second-order valence-electron chi connectivity index (χ2n) is 4.03. The summed E-state index contributed by atoms with van der Waals surface area (Å²) < 4.78 is 37.6. The molecule has 2 N–H and O–H groups in total. The van der Waals surface area contributed by atoms with E-state index in [-0.39, 0.29) is 0 Å². The average Bonchev–Trinajstić information content (AvgIpc) is 2.76. The molecular weight excluding hydrogens is 259 g/mol. The Kier molecular flexibility index (Phi) is 3.45. The van der Waals surface area contributed by atoms with E-state index in [1.165, 1.54) is 23.5 Å². The Balaban J connectivity index is 2.41. The van der Waals surface area contributed by atoms with Crippen LogP contribution in [0.3, 0.4) is 0 Å². The SMILES string of the molecule is Cc1cc(C(F)(F)F)ccc1-c1csc(CN)c1. The van der Waals surface area contributed by atoms with Gasteiger partial charge in [0.05, 0.1) is 5.56 Å². The van der Waals surface area contributed by atoms with Gasteiger partial charge in [0.15, 0.2) is 0 Å². The normalized spacial score (nSPS) is 11.8. The summed E-state index contributed by atoms with van der Waals surface area (Å²) in [7, 11) is 0.